The average Bonchev–Trinajstić information content (AvgIpc) is 2.50. The van der Waals surface area contributed by atoms with Gasteiger partial charge in [-0.25, -0.2) is 0 Å². The lowest BCUT2D eigenvalue weighted by molar-refractivity contribution is -0.150. The Morgan fingerprint density at radius 2 is 2.38 bits per heavy atom. The fraction of sp³-hybridized carbons (Fsp3) is 0.909. The topological polar surface area (TPSA) is 26.3 Å². The Labute approximate surface area is 79.7 Å². The van der Waals surface area contributed by atoms with E-state index in [4.69, 9.17) is 4.74 Å². The standard InChI is InChI=1S/C11H18O2/c1-2-9-5-7-11(13-8-9)6-3-4-10(11)12/h9H,2-8H2,1H3/t9-,11-/m1/s1. The molecular formula is C11H18O2. The van der Waals surface area contributed by atoms with Gasteiger partial charge in [-0.2, -0.15) is 0 Å². The normalized spacial score (nSPS) is 40.1. The zero-order chi connectivity index (χ0) is 9.31. The molecule has 2 atom stereocenters. The molecule has 2 heteroatoms. The Hall–Kier alpha value is -0.370. The highest BCUT2D eigenvalue weighted by molar-refractivity contribution is 5.89. The molecule has 0 N–H and O–H groups in total. The highest BCUT2D eigenvalue weighted by Crippen LogP contribution is 2.39. The van der Waals surface area contributed by atoms with Crippen molar-refractivity contribution in [3.05, 3.63) is 0 Å². The quantitative estimate of drug-likeness (QED) is 0.622. The highest BCUT2D eigenvalue weighted by atomic mass is 16.5. The predicted molar refractivity (Wildman–Crippen MR) is 50.6 cm³/mol. The molecule has 0 aromatic rings. The number of hydrogen-bond donors (Lipinski definition) is 0. The summed E-state index contributed by atoms with van der Waals surface area (Å²) in [4.78, 5) is 11.6. The molecule has 0 aromatic heterocycles. The van der Waals surface area contributed by atoms with E-state index < -0.39 is 0 Å². The molecule has 1 saturated carbocycles. The Balaban J connectivity index is 1.99. The summed E-state index contributed by atoms with van der Waals surface area (Å²) in [6, 6.07) is 0. The average molecular weight is 182 g/mol. The van der Waals surface area contributed by atoms with Crippen LogP contribution in [0.5, 0.6) is 0 Å². The first-order valence-corrected chi connectivity index (χ1v) is 5.44. The Bertz CT molecular complexity index is 202. The monoisotopic (exact) mass is 182 g/mol. The molecule has 0 unspecified atom stereocenters. The van der Waals surface area contributed by atoms with Crippen molar-refractivity contribution >= 4 is 5.78 Å². The van der Waals surface area contributed by atoms with E-state index in [1.807, 2.05) is 0 Å². The lowest BCUT2D eigenvalue weighted by Crippen LogP contribution is -2.42. The van der Waals surface area contributed by atoms with Crippen molar-refractivity contribution in [3.8, 4) is 0 Å². The molecular weight excluding hydrogens is 164 g/mol. The second kappa shape index (κ2) is 3.41. The van der Waals surface area contributed by atoms with Crippen molar-refractivity contribution in [1.29, 1.82) is 0 Å². The predicted octanol–water partition coefficient (Wildman–Crippen LogP) is 2.31. The number of Topliss-reactive ketones (excluding diaryl/α,β-unsaturated/α-hetero) is 1. The molecule has 1 aliphatic carbocycles. The van der Waals surface area contributed by atoms with E-state index in [2.05, 4.69) is 6.92 Å². The minimum absolute atomic E-state index is 0.328. The molecule has 0 bridgehead atoms. The minimum Gasteiger partial charge on any atom is -0.367 e. The molecule has 2 rings (SSSR count). The number of rotatable bonds is 1. The van der Waals surface area contributed by atoms with Gasteiger partial charge in [-0.15, -0.1) is 0 Å². The molecule has 74 valence electrons. The summed E-state index contributed by atoms with van der Waals surface area (Å²) in [5.41, 5.74) is -0.328. The minimum atomic E-state index is -0.328. The van der Waals surface area contributed by atoms with Gasteiger partial charge >= 0.3 is 0 Å². The second-order valence-corrected chi connectivity index (χ2v) is 4.39. The number of ether oxygens (including phenoxy) is 1. The number of ketones is 1. The van der Waals surface area contributed by atoms with Crippen molar-refractivity contribution in [2.75, 3.05) is 6.61 Å². The van der Waals surface area contributed by atoms with Crippen LogP contribution in [0.4, 0.5) is 0 Å². The zero-order valence-corrected chi connectivity index (χ0v) is 8.34. The maximum absolute atomic E-state index is 11.6. The molecule has 0 radical (unpaired) electrons. The van der Waals surface area contributed by atoms with Gasteiger partial charge in [-0.05, 0) is 31.6 Å². The first-order valence-electron chi connectivity index (χ1n) is 5.44. The maximum atomic E-state index is 11.6. The van der Waals surface area contributed by atoms with Crippen molar-refractivity contribution < 1.29 is 9.53 Å². The summed E-state index contributed by atoms with van der Waals surface area (Å²) in [6.45, 7) is 3.00. The van der Waals surface area contributed by atoms with E-state index in [1.54, 1.807) is 0 Å². The first-order chi connectivity index (χ1) is 6.27. The van der Waals surface area contributed by atoms with Gasteiger partial charge in [0, 0.05) is 6.42 Å². The maximum Gasteiger partial charge on any atom is 0.164 e. The Morgan fingerprint density at radius 3 is 2.85 bits per heavy atom. The number of hydrogen-bond acceptors (Lipinski definition) is 2. The molecule has 0 amide bonds. The van der Waals surface area contributed by atoms with Gasteiger partial charge in [0.15, 0.2) is 5.78 Å². The van der Waals surface area contributed by atoms with Crippen LogP contribution in [0.25, 0.3) is 0 Å². The van der Waals surface area contributed by atoms with Gasteiger partial charge < -0.3 is 4.74 Å². The van der Waals surface area contributed by atoms with E-state index in [9.17, 15) is 4.79 Å². The van der Waals surface area contributed by atoms with E-state index in [-0.39, 0.29) is 5.60 Å². The Morgan fingerprint density at radius 1 is 1.54 bits per heavy atom. The van der Waals surface area contributed by atoms with E-state index in [0.717, 1.165) is 32.3 Å². The van der Waals surface area contributed by atoms with Gasteiger partial charge in [-0.1, -0.05) is 13.3 Å². The van der Waals surface area contributed by atoms with Crippen LogP contribution < -0.4 is 0 Å². The highest BCUT2D eigenvalue weighted by Gasteiger charge is 2.45. The van der Waals surface area contributed by atoms with Crippen LogP contribution in [0.1, 0.15) is 45.4 Å². The van der Waals surface area contributed by atoms with Crippen molar-refractivity contribution in [1.82, 2.24) is 0 Å². The second-order valence-electron chi connectivity index (χ2n) is 4.39. The van der Waals surface area contributed by atoms with Crippen LogP contribution in [-0.4, -0.2) is 18.0 Å². The molecule has 1 saturated heterocycles. The van der Waals surface area contributed by atoms with Gasteiger partial charge in [0.1, 0.15) is 5.60 Å². The van der Waals surface area contributed by atoms with Gasteiger partial charge in [0.05, 0.1) is 6.61 Å². The summed E-state index contributed by atoms with van der Waals surface area (Å²) in [7, 11) is 0. The van der Waals surface area contributed by atoms with Crippen LogP contribution in [-0.2, 0) is 9.53 Å². The Kier molecular flexibility index (Phi) is 2.41. The van der Waals surface area contributed by atoms with Crippen molar-refractivity contribution in [3.63, 3.8) is 0 Å². The molecule has 2 nitrogen and oxygen atoms in total. The molecule has 13 heavy (non-hydrogen) atoms. The molecule has 0 aromatic carbocycles. The van der Waals surface area contributed by atoms with Gasteiger partial charge in [0.25, 0.3) is 0 Å². The SMILES string of the molecule is CC[C@@H]1CC[C@@]2(CCCC2=O)OC1. The van der Waals surface area contributed by atoms with Crippen LogP contribution in [0.3, 0.4) is 0 Å². The smallest absolute Gasteiger partial charge is 0.164 e. The van der Waals surface area contributed by atoms with Crippen molar-refractivity contribution in [2.24, 2.45) is 5.92 Å². The van der Waals surface area contributed by atoms with Gasteiger partial charge in [-0.3, -0.25) is 4.79 Å². The third kappa shape index (κ3) is 1.52. The zero-order valence-electron chi connectivity index (χ0n) is 8.34. The largest absolute Gasteiger partial charge is 0.367 e. The summed E-state index contributed by atoms with van der Waals surface area (Å²) in [5.74, 6) is 1.06. The van der Waals surface area contributed by atoms with E-state index in [0.29, 0.717) is 11.7 Å². The molecule has 1 aliphatic heterocycles. The molecule has 1 spiro atoms. The first kappa shape index (κ1) is 9.20. The van der Waals surface area contributed by atoms with Crippen LogP contribution >= 0.6 is 0 Å². The van der Waals surface area contributed by atoms with Crippen LogP contribution in [0.15, 0.2) is 0 Å². The lowest BCUT2D eigenvalue weighted by atomic mass is 9.86. The lowest BCUT2D eigenvalue weighted by Gasteiger charge is -2.35. The third-order valence-corrected chi connectivity index (χ3v) is 3.62. The van der Waals surface area contributed by atoms with E-state index in [1.165, 1.54) is 12.8 Å². The number of carbonyl (C=O) groups is 1. The fourth-order valence-electron chi connectivity index (χ4n) is 2.51. The van der Waals surface area contributed by atoms with E-state index >= 15 is 0 Å². The third-order valence-electron chi connectivity index (χ3n) is 3.62. The molecule has 1 heterocycles. The van der Waals surface area contributed by atoms with Gasteiger partial charge in [0.2, 0.25) is 0 Å². The summed E-state index contributed by atoms with van der Waals surface area (Å²) in [6.07, 6.45) is 6.10. The molecule has 2 aliphatic rings. The summed E-state index contributed by atoms with van der Waals surface area (Å²) < 4.78 is 5.79. The van der Waals surface area contributed by atoms with Crippen molar-refractivity contribution in [2.45, 2.75) is 51.0 Å². The fourth-order valence-corrected chi connectivity index (χ4v) is 2.51. The molecule has 2 fully saturated rings. The summed E-state index contributed by atoms with van der Waals surface area (Å²) >= 11 is 0. The van der Waals surface area contributed by atoms with Crippen LogP contribution in [0.2, 0.25) is 0 Å². The van der Waals surface area contributed by atoms with Crippen LogP contribution in [0, 0.1) is 5.92 Å². The summed E-state index contributed by atoms with van der Waals surface area (Å²) in [5, 5.41) is 0. The number of carbonyl (C=O) groups excluding carboxylic acids is 1.